The quantitative estimate of drug-likeness (QED) is 0.680. The van der Waals surface area contributed by atoms with Crippen LogP contribution in [0, 0.1) is 0 Å². The molecule has 1 saturated heterocycles. The fourth-order valence-corrected chi connectivity index (χ4v) is 2.31. The fourth-order valence-electron chi connectivity index (χ4n) is 2.31. The van der Waals surface area contributed by atoms with Crippen molar-refractivity contribution in [2.75, 3.05) is 46.3 Å². The normalized spacial score (nSPS) is 19.2. The Labute approximate surface area is 123 Å². The van der Waals surface area contributed by atoms with Gasteiger partial charge in [-0.1, -0.05) is 0 Å². The predicted octanol–water partition coefficient (Wildman–Crippen LogP) is -0.981. The minimum atomic E-state index is -0.858. The van der Waals surface area contributed by atoms with Crippen molar-refractivity contribution in [3.63, 3.8) is 0 Å². The van der Waals surface area contributed by atoms with Crippen molar-refractivity contribution < 1.29 is 19.5 Å². The first kappa shape index (κ1) is 15.6. The van der Waals surface area contributed by atoms with Crippen LogP contribution in [0.5, 0.6) is 0 Å². The van der Waals surface area contributed by atoms with E-state index in [1.165, 1.54) is 4.90 Å². The number of carboxylic acids is 1. The number of hydrogen-bond donors (Lipinski definition) is 2. The highest BCUT2D eigenvalue weighted by Gasteiger charge is 2.27. The lowest BCUT2D eigenvalue weighted by atomic mass is 10.3. The Morgan fingerprint density at radius 1 is 1.19 bits per heavy atom. The molecule has 0 aromatic carbocycles. The number of carbonyl (C=O) groups excluding carboxylic acids is 2. The minimum absolute atomic E-state index is 0.00165. The van der Waals surface area contributed by atoms with Crippen LogP contribution in [0.3, 0.4) is 0 Å². The first-order valence-electron chi connectivity index (χ1n) is 7.19. The summed E-state index contributed by atoms with van der Waals surface area (Å²) in [6, 6.07) is 0.108. The molecule has 2 fully saturated rings. The molecule has 8 nitrogen and oxygen atoms in total. The average molecular weight is 298 g/mol. The van der Waals surface area contributed by atoms with Gasteiger partial charge in [-0.3, -0.25) is 14.5 Å². The van der Waals surface area contributed by atoms with E-state index in [1.807, 2.05) is 0 Å². The third-order valence-corrected chi connectivity index (χ3v) is 3.65. The summed E-state index contributed by atoms with van der Waals surface area (Å²) in [7, 11) is 1.61. The largest absolute Gasteiger partial charge is 0.480 e. The van der Waals surface area contributed by atoms with Crippen LogP contribution in [-0.2, 0) is 9.59 Å². The van der Waals surface area contributed by atoms with Gasteiger partial charge in [0.2, 0.25) is 5.91 Å². The molecule has 0 bridgehead atoms. The molecule has 3 amide bonds. The molecule has 0 spiro atoms. The van der Waals surface area contributed by atoms with Gasteiger partial charge in [-0.05, 0) is 12.8 Å². The van der Waals surface area contributed by atoms with Crippen molar-refractivity contribution in [3.8, 4) is 0 Å². The van der Waals surface area contributed by atoms with Crippen molar-refractivity contribution in [1.29, 1.82) is 0 Å². The molecule has 2 rings (SSSR count). The Bertz CT molecular complexity index is 416. The molecule has 1 saturated carbocycles. The second kappa shape index (κ2) is 6.75. The Kier molecular flexibility index (Phi) is 5.00. The lowest BCUT2D eigenvalue weighted by Crippen LogP contribution is -2.54. The van der Waals surface area contributed by atoms with Crippen molar-refractivity contribution in [3.05, 3.63) is 0 Å². The van der Waals surface area contributed by atoms with Crippen LogP contribution in [0.2, 0.25) is 0 Å². The van der Waals surface area contributed by atoms with Gasteiger partial charge in [0.05, 0.1) is 6.54 Å². The van der Waals surface area contributed by atoms with E-state index in [9.17, 15) is 14.4 Å². The molecule has 0 aromatic heterocycles. The molecule has 1 heterocycles. The lowest BCUT2D eigenvalue weighted by Gasteiger charge is -2.35. The molecule has 0 radical (unpaired) electrons. The van der Waals surface area contributed by atoms with E-state index in [1.54, 1.807) is 16.8 Å². The highest BCUT2D eigenvalue weighted by Crippen LogP contribution is 2.18. The van der Waals surface area contributed by atoms with Gasteiger partial charge in [0, 0.05) is 39.3 Å². The number of aliphatic carboxylic acids is 1. The van der Waals surface area contributed by atoms with Crippen LogP contribution in [0.25, 0.3) is 0 Å². The van der Waals surface area contributed by atoms with Gasteiger partial charge in [0.15, 0.2) is 0 Å². The smallest absolute Gasteiger partial charge is 0.320 e. The number of carboxylic acid groups (broad SMARTS) is 1. The zero-order valence-electron chi connectivity index (χ0n) is 12.2. The predicted molar refractivity (Wildman–Crippen MR) is 74.8 cm³/mol. The first-order valence-corrected chi connectivity index (χ1v) is 7.19. The van der Waals surface area contributed by atoms with E-state index in [-0.39, 0.29) is 25.0 Å². The number of piperazine rings is 1. The summed E-state index contributed by atoms with van der Waals surface area (Å²) < 4.78 is 0. The number of nitrogens with one attached hydrogen (secondary N) is 1. The van der Waals surface area contributed by atoms with Crippen LogP contribution in [0.1, 0.15) is 12.8 Å². The second-order valence-corrected chi connectivity index (χ2v) is 5.64. The Balaban J connectivity index is 1.72. The summed E-state index contributed by atoms with van der Waals surface area (Å²) in [6.45, 7) is 2.12. The molecule has 118 valence electrons. The van der Waals surface area contributed by atoms with Gasteiger partial charge < -0.3 is 20.2 Å². The molecule has 21 heavy (non-hydrogen) atoms. The maximum absolute atomic E-state index is 12.2. The minimum Gasteiger partial charge on any atom is -0.480 e. The van der Waals surface area contributed by atoms with E-state index in [2.05, 4.69) is 5.32 Å². The summed E-state index contributed by atoms with van der Waals surface area (Å²) in [4.78, 5) is 39.4. The number of hydrogen-bond acceptors (Lipinski definition) is 4. The van der Waals surface area contributed by atoms with E-state index in [0.29, 0.717) is 32.2 Å². The highest BCUT2D eigenvalue weighted by atomic mass is 16.4. The summed E-state index contributed by atoms with van der Waals surface area (Å²) in [5.74, 6) is -0.985. The first-order chi connectivity index (χ1) is 9.95. The highest BCUT2D eigenvalue weighted by molar-refractivity contribution is 5.84. The molecule has 0 aromatic rings. The summed E-state index contributed by atoms with van der Waals surface area (Å²) in [6.07, 6.45) is 2.05. The Morgan fingerprint density at radius 3 is 2.33 bits per heavy atom. The summed E-state index contributed by atoms with van der Waals surface area (Å²) >= 11 is 0. The summed E-state index contributed by atoms with van der Waals surface area (Å²) in [5, 5.41) is 11.6. The molecule has 8 heteroatoms. The van der Waals surface area contributed by atoms with Crippen LogP contribution in [0.15, 0.2) is 0 Å². The molecule has 1 aliphatic carbocycles. The van der Waals surface area contributed by atoms with Crippen molar-refractivity contribution in [1.82, 2.24) is 20.0 Å². The molecule has 1 aliphatic heterocycles. The van der Waals surface area contributed by atoms with Crippen LogP contribution < -0.4 is 5.32 Å². The van der Waals surface area contributed by atoms with Gasteiger partial charge in [-0.15, -0.1) is 0 Å². The molecule has 0 atom stereocenters. The van der Waals surface area contributed by atoms with Crippen molar-refractivity contribution in [2.45, 2.75) is 18.9 Å². The third kappa shape index (κ3) is 4.89. The van der Waals surface area contributed by atoms with E-state index in [4.69, 9.17) is 5.11 Å². The summed E-state index contributed by atoms with van der Waals surface area (Å²) in [5.41, 5.74) is 0. The number of likely N-dealkylation sites (N-methyl/N-ethyl adjacent to an activating group) is 1. The van der Waals surface area contributed by atoms with E-state index < -0.39 is 5.97 Å². The van der Waals surface area contributed by atoms with Gasteiger partial charge >= 0.3 is 12.0 Å². The number of carbonyl (C=O) groups is 3. The van der Waals surface area contributed by atoms with Crippen LogP contribution >= 0.6 is 0 Å². The maximum atomic E-state index is 12.2. The van der Waals surface area contributed by atoms with Crippen molar-refractivity contribution >= 4 is 17.9 Å². The van der Waals surface area contributed by atoms with E-state index >= 15 is 0 Å². The SMILES string of the molecule is CN(CC(=O)NC1CC1)C(=O)N1CCN(CC(=O)O)CC1. The van der Waals surface area contributed by atoms with Gasteiger partial charge in [0.25, 0.3) is 0 Å². The fraction of sp³-hybridized carbons (Fsp3) is 0.769. The molecule has 2 N–H and O–H groups in total. The lowest BCUT2D eigenvalue weighted by molar-refractivity contribution is -0.138. The molecule has 2 aliphatic rings. The van der Waals surface area contributed by atoms with Crippen LogP contribution in [0.4, 0.5) is 4.79 Å². The van der Waals surface area contributed by atoms with E-state index in [0.717, 1.165) is 12.8 Å². The van der Waals surface area contributed by atoms with Gasteiger partial charge in [-0.2, -0.15) is 0 Å². The Morgan fingerprint density at radius 2 is 1.81 bits per heavy atom. The number of amides is 3. The third-order valence-electron chi connectivity index (χ3n) is 3.65. The number of urea groups is 1. The molecule has 0 unspecified atom stereocenters. The monoisotopic (exact) mass is 298 g/mol. The number of rotatable bonds is 5. The standard InChI is InChI=1S/C13H22N4O4/c1-15(8-11(18)14-10-2-3-10)13(21)17-6-4-16(5-7-17)9-12(19)20/h10H,2-9H2,1H3,(H,14,18)(H,19,20). The topological polar surface area (TPSA) is 93.2 Å². The van der Waals surface area contributed by atoms with Crippen molar-refractivity contribution in [2.24, 2.45) is 0 Å². The zero-order chi connectivity index (χ0) is 15.4. The maximum Gasteiger partial charge on any atom is 0.320 e. The Hall–Kier alpha value is -1.83. The second-order valence-electron chi connectivity index (χ2n) is 5.64. The van der Waals surface area contributed by atoms with Gasteiger partial charge in [0.1, 0.15) is 6.54 Å². The molecular weight excluding hydrogens is 276 g/mol. The average Bonchev–Trinajstić information content (AvgIpc) is 3.21. The van der Waals surface area contributed by atoms with Crippen LogP contribution in [-0.4, -0.2) is 90.1 Å². The zero-order valence-corrected chi connectivity index (χ0v) is 12.2. The number of nitrogens with zero attached hydrogens (tertiary/aromatic N) is 3. The van der Waals surface area contributed by atoms with Gasteiger partial charge in [-0.25, -0.2) is 4.79 Å². The molecular formula is C13H22N4O4.